The second kappa shape index (κ2) is 9.21. The lowest BCUT2D eigenvalue weighted by molar-refractivity contribution is -0.139. The van der Waals surface area contributed by atoms with Gasteiger partial charge in [-0.2, -0.15) is 0 Å². The van der Waals surface area contributed by atoms with Crippen molar-refractivity contribution in [1.29, 1.82) is 0 Å². The van der Waals surface area contributed by atoms with Crippen LogP contribution in [-0.4, -0.2) is 28.2 Å². The predicted octanol–water partition coefficient (Wildman–Crippen LogP) is 3.45. The van der Waals surface area contributed by atoms with Gasteiger partial charge in [0.1, 0.15) is 17.5 Å². The normalized spacial score (nSPS) is 13.4. The maximum Gasteiger partial charge on any atom is 0.326 e. The van der Waals surface area contributed by atoms with E-state index in [0.29, 0.717) is 17.4 Å². The molecule has 0 aliphatic rings. The number of halogens is 2. The Bertz CT molecular complexity index is 802. The Morgan fingerprint density at radius 2 is 1.93 bits per heavy atom. The Kier molecular flexibility index (Phi) is 7.24. The lowest BCUT2D eigenvalue weighted by atomic mass is 10.0. The van der Waals surface area contributed by atoms with E-state index >= 15 is 0 Å². The van der Waals surface area contributed by atoms with E-state index in [1.54, 1.807) is 12.1 Å². The van der Waals surface area contributed by atoms with Crippen molar-refractivity contribution in [3.63, 3.8) is 0 Å². The summed E-state index contributed by atoms with van der Waals surface area (Å²) in [4.78, 5) is 24.0. The van der Waals surface area contributed by atoms with Gasteiger partial charge >= 0.3 is 5.97 Å². The maximum absolute atomic E-state index is 12.4. The molecule has 0 saturated carbocycles. The Hall–Kier alpha value is -2.09. The Morgan fingerprint density at radius 3 is 2.48 bits per heavy atom. The SMILES string of the molecule is CC(C)CC(N)c1cc(CC(NC(=O)c2c(Cl)cccc2Cl)C(=O)O)on1. The van der Waals surface area contributed by atoms with Crippen molar-refractivity contribution in [1.82, 2.24) is 10.5 Å². The van der Waals surface area contributed by atoms with E-state index in [1.165, 1.54) is 12.1 Å². The molecule has 27 heavy (non-hydrogen) atoms. The van der Waals surface area contributed by atoms with E-state index in [9.17, 15) is 14.7 Å². The van der Waals surface area contributed by atoms with Crippen LogP contribution in [-0.2, 0) is 11.2 Å². The average molecular weight is 414 g/mol. The third-order valence-corrected chi connectivity index (χ3v) is 4.51. The van der Waals surface area contributed by atoms with Gasteiger partial charge in [-0.05, 0) is 24.5 Å². The average Bonchev–Trinajstić information content (AvgIpc) is 3.02. The van der Waals surface area contributed by atoms with Gasteiger partial charge in [-0.25, -0.2) is 4.79 Å². The van der Waals surface area contributed by atoms with Gasteiger partial charge < -0.3 is 20.7 Å². The van der Waals surface area contributed by atoms with Crippen LogP contribution in [0, 0.1) is 5.92 Å². The fourth-order valence-corrected chi connectivity index (χ4v) is 3.14. The minimum atomic E-state index is -1.24. The highest BCUT2D eigenvalue weighted by Gasteiger charge is 2.26. The number of amides is 1. The molecule has 1 heterocycles. The van der Waals surface area contributed by atoms with Gasteiger partial charge in [0.05, 0.1) is 21.7 Å². The molecule has 0 aliphatic heterocycles. The number of nitrogens with two attached hydrogens (primary N) is 1. The van der Waals surface area contributed by atoms with Crippen molar-refractivity contribution in [3.05, 3.63) is 51.3 Å². The van der Waals surface area contributed by atoms with Crippen LogP contribution in [0.5, 0.6) is 0 Å². The van der Waals surface area contributed by atoms with Gasteiger partial charge in [-0.1, -0.05) is 48.3 Å². The topological polar surface area (TPSA) is 118 Å². The Labute approximate surface area is 166 Å². The van der Waals surface area contributed by atoms with E-state index in [1.807, 2.05) is 13.8 Å². The third kappa shape index (κ3) is 5.69. The van der Waals surface area contributed by atoms with Crippen LogP contribution in [0.15, 0.2) is 28.8 Å². The number of carbonyl (C=O) groups is 2. The highest BCUT2D eigenvalue weighted by molar-refractivity contribution is 6.39. The van der Waals surface area contributed by atoms with E-state index < -0.39 is 17.9 Å². The molecule has 146 valence electrons. The van der Waals surface area contributed by atoms with Crippen LogP contribution in [0.4, 0.5) is 0 Å². The first kappa shape index (κ1) is 21.2. The molecule has 0 bridgehead atoms. The molecule has 1 aromatic heterocycles. The number of nitrogens with one attached hydrogen (secondary N) is 1. The van der Waals surface area contributed by atoms with Crippen LogP contribution < -0.4 is 11.1 Å². The molecule has 0 saturated heterocycles. The minimum absolute atomic E-state index is 0.0179. The lowest BCUT2D eigenvalue weighted by Gasteiger charge is -2.14. The molecule has 1 aromatic carbocycles. The number of carbonyl (C=O) groups excluding carboxylic acids is 1. The fourth-order valence-electron chi connectivity index (χ4n) is 2.57. The molecule has 0 radical (unpaired) electrons. The Morgan fingerprint density at radius 1 is 1.30 bits per heavy atom. The summed E-state index contributed by atoms with van der Waals surface area (Å²) in [5.74, 6) is -1.22. The number of hydrogen-bond donors (Lipinski definition) is 3. The summed E-state index contributed by atoms with van der Waals surface area (Å²) in [5, 5.41) is 16.0. The molecule has 2 aromatic rings. The zero-order valence-electron chi connectivity index (χ0n) is 14.9. The van der Waals surface area contributed by atoms with E-state index in [-0.39, 0.29) is 28.1 Å². The number of carboxylic acid groups (broad SMARTS) is 1. The first-order chi connectivity index (χ1) is 12.7. The number of rotatable bonds is 8. The molecule has 0 aliphatic carbocycles. The van der Waals surface area contributed by atoms with Crippen molar-refractivity contribution in [2.75, 3.05) is 0 Å². The van der Waals surface area contributed by atoms with Crippen molar-refractivity contribution in [2.24, 2.45) is 11.7 Å². The summed E-state index contributed by atoms with van der Waals surface area (Å²) in [6.45, 7) is 4.08. The molecule has 2 rings (SSSR count). The summed E-state index contributed by atoms with van der Waals surface area (Å²) in [7, 11) is 0. The number of aliphatic carboxylic acids is 1. The fraction of sp³-hybridized carbons (Fsp3) is 0.389. The first-order valence-corrected chi connectivity index (χ1v) is 9.13. The number of aromatic nitrogens is 1. The summed E-state index contributed by atoms with van der Waals surface area (Å²) < 4.78 is 5.19. The van der Waals surface area contributed by atoms with Crippen LogP contribution >= 0.6 is 23.2 Å². The molecule has 1 amide bonds. The van der Waals surface area contributed by atoms with Gasteiger partial charge in [0, 0.05) is 12.5 Å². The van der Waals surface area contributed by atoms with Gasteiger partial charge in [0.15, 0.2) is 0 Å². The molecular formula is C18H21Cl2N3O4. The zero-order valence-corrected chi connectivity index (χ0v) is 16.4. The molecule has 2 unspecified atom stereocenters. The molecule has 7 nitrogen and oxygen atoms in total. The van der Waals surface area contributed by atoms with Crippen molar-refractivity contribution < 1.29 is 19.2 Å². The monoisotopic (exact) mass is 413 g/mol. The number of benzene rings is 1. The molecule has 9 heteroatoms. The minimum Gasteiger partial charge on any atom is -0.480 e. The maximum atomic E-state index is 12.4. The summed E-state index contributed by atoms with van der Waals surface area (Å²) >= 11 is 12.0. The standard InChI is InChI=1S/C18H21Cl2N3O4/c1-9(2)6-13(21)14-7-10(27-23-14)8-15(18(25)26)22-17(24)16-11(19)4-3-5-12(16)20/h3-5,7,9,13,15H,6,8,21H2,1-2H3,(H,22,24)(H,25,26). The van der Waals surface area contributed by atoms with Crippen LogP contribution in [0.25, 0.3) is 0 Å². The zero-order chi connectivity index (χ0) is 20.1. The first-order valence-electron chi connectivity index (χ1n) is 8.37. The second-order valence-electron chi connectivity index (χ2n) is 6.62. The van der Waals surface area contributed by atoms with Gasteiger partial charge in [0.2, 0.25) is 0 Å². The van der Waals surface area contributed by atoms with Crippen molar-refractivity contribution >= 4 is 35.1 Å². The summed E-state index contributed by atoms with van der Waals surface area (Å²) in [6, 6.07) is 4.65. The summed E-state index contributed by atoms with van der Waals surface area (Å²) in [6.07, 6.45) is 0.626. The quantitative estimate of drug-likeness (QED) is 0.609. The Balaban J connectivity index is 2.11. The molecule has 2 atom stereocenters. The molecule has 0 fully saturated rings. The van der Waals surface area contributed by atoms with E-state index in [2.05, 4.69) is 10.5 Å². The van der Waals surface area contributed by atoms with Crippen LogP contribution in [0.1, 0.15) is 48.1 Å². The molecular weight excluding hydrogens is 393 g/mol. The smallest absolute Gasteiger partial charge is 0.326 e. The van der Waals surface area contributed by atoms with Crippen LogP contribution in [0.2, 0.25) is 10.0 Å². The van der Waals surface area contributed by atoms with Crippen molar-refractivity contribution in [2.45, 2.75) is 38.8 Å². The lowest BCUT2D eigenvalue weighted by Crippen LogP contribution is -2.42. The second-order valence-corrected chi connectivity index (χ2v) is 7.43. The van der Waals surface area contributed by atoms with E-state index in [4.69, 9.17) is 33.5 Å². The number of hydrogen-bond acceptors (Lipinski definition) is 5. The van der Waals surface area contributed by atoms with E-state index in [0.717, 1.165) is 6.42 Å². The molecule has 4 N–H and O–H groups in total. The van der Waals surface area contributed by atoms with Crippen molar-refractivity contribution in [3.8, 4) is 0 Å². The molecule has 0 spiro atoms. The highest BCUT2D eigenvalue weighted by atomic mass is 35.5. The predicted molar refractivity (Wildman–Crippen MR) is 102 cm³/mol. The highest BCUT2D eigenvalue weighted by Crippen LogP contribution is 2.24. The third-order valence-electron chi connectivity index (χ3n) is 3.88. The van der Waals surface area contributed by atoms with Gasteiger partial charge in [0.25, 0.3) is 5.91 Å². The number of carboxylic acids is 1. The van der Waals surface area contributed by atoms with Gasteiger partial charge in [-0.3, -0.25) is 4.79 Å². The van der Waals surface area contributed by atoms with Gasteiger partial charge in [-0.15, -0.1) is 0 Å². The van der Waals surface area contributed by atoms with Crippen LogP contribution in [0.3, 0.4) is 0 Å². The largest absolute Gasteiger partial charge is 0.480 e. The number of nitrogens with zero attached hydrogens (tertiary/aromatic N) is 1. The summed E-state index contributed by atoms with van der Waals surface area (Å²) in [5.41, 5.74) is 6.61.